The number of hydrogen-bond acceptors (Lipinski definition) is 4. The molecule has 1 saturated carbocycles. The third kappa shape index (κ3) is 5.03. The minimum atomic E-state index is 0.00326. The molecule has 0 bridgehead atoms. The summed E-state index contributed by atoms with van der Waals surface area (Å²) in [4.78, 5) is 17.0. The molecule has 1 atom stereocenters. The van der Waals surface area contributed by atoms with E-state index in [1.54, 1.807) is 0 Å². The topological polar surface area (TPSA) is 54.3 Å². The summed E-state index contributed by atoms with van der Waals surface area (Å²) in [6.45, 7) is 7.32. The highest BCUT2D eigenvalue weighted by molar-refractivity contribution is 5.91. The molecule has 1 saturated heterocycles. The van der Waals surface area contributed by atoms with E-state index in [0.29, 0.717) is 17.5 Å². The van der Waals surface area contributed by atoms with Gasteiger partial charge in [-0.3, -0.25) is 9.48 Å². The molecule has 0 unspecified atom stereocenters. The van der Waals surface area contributed by atoms with E-state index >= 15 is 0 Å². The predicted molar refractivity (Wildman–Crippen MR) is 98.4 cm³/mol. The van der Waals surface area contributed by atoms with E-state index in [1.807, 2.05) is 22.8 Å². The normalized spacial score (nSPS) is 22.9. The lowest BCUT2D eigenvalue weighted by atomic mass is 9.89. The van der Waals surface area contributed by atoms with E-state index in [4.69, 9.17) is 0 Å². The van der Waals surface area contributed by atoms with Crippen LogP contribution in [0, 0.1) is 11.8 Å². The van der Waals surface area contributed by atoms with Crippen LogP contribution < -0.4 is 0 Å². The highest BCUT2D eigenvalue weighted by Crippen LogP contribution is 2.24. The van der Waals surface area contributed by atoms with Gasteiger partial charge in [-0.25, -0.2) is 0 Å². The van der Waals surface area contributed by atoms with Crippen molar-refractivity contribution in [3.8, 4) is 0 Å². The molecule has 6 nitrogen and oxygen atoms in total. The Morgan fingerprint density at radius 3 is 2.72 bits per heavy atom. The molecule has 1 aliphatic carbocycles. The molecule has 6 heteroatoms. The highest BCUT2D eigenvalue weighted by Gasteiger charge is 2.24. The fourth-order valence-corrected chi connectivity index (χ4v) is 4.37. The van der Waals surface area contributed by atoms with Gasteiger partial charge in [0.15, 0.2) is 5.69 Å². The van der Waals surface area contributed by atoms with Crippen molar-refractivity contribution in [1.82, 2.24) is 24.8 Å². The molecule has 0 N–H and O–H groups in total. The van der Waals surface area contributed by atoms with Crippen LogP contribution in [-0.4, -0.2) is 63.9 Å². The summed E-state index contributed by atoms with van der Waals surface area (Å²) in [6.07, 6.45) is 10.8. The van der Waals surface area contributed by atoms with Gasteiger partial charge in [0, 0.05) is 26.7 Å². The fourth-order valence-electron chi connectivity index (χ4n) is 4.37. The maximum absolute atomic E-state index is 12.7. The van der Waals surface area contributed by atoms with Gasteiger partial charge in [-0.1, -0.05) is 31.4 Å². The van der Waals surface area contributed by atoms with E-state index in [2.05, 4.69) is 22.1 Å². The zero-order valence-electron chi connectivity index (χ0n) is 15.9. The fraction of sp³-hybridized carbons (Fsp3) is 0.842. The first kappa shape index (κ1) is 18.4. The second-order valence-electron chi connectivity index (χ2n) is 7.92. The molecule has 2 aliphatic rings. The third-order valence-electron chi connectivity index (χ3n) is 5.86. The predicted octanol–water partition coefficient (Wildman–Crippen LogP) is 2.66. The average molecular weight is 348 g/mol. The smallest absolute Gasteiger partial charge is 0.275 e. The molecule has 1 aromatic heterocycles. The maximum atomic E-state index is 12.7. The van der Waals surface area contributed by atoms with Gasteiger partial charge in [-0.15, -0.1) is 5.10 Å². The van der Waals surface area contributed by atoms with E-state index in [-0.39, 0.29) is 5.91 Å². The summed E-state index contributed by atoms with van der Waals surface area (Å²) < 4.78 is 1.87. The number of aromatic nitrogens is 3. The first-order valence-corrected chi connectivity index (χ1v) is 10.0. The van der Waals surface area contributed by atoms with Crippen molar-refractivity contribution < 1.29 is 4.79 Å². The van der Waals surface area contributed by atoms with Gasteiger partial charge < -0.3 is 9.80 Å². The molecule has 0 spiro atoms. The van der Waals surface area contributed by atoms with Crippen molar-refractivity contribution in [1.29, 1.82) is 0 Å². The van der Waals surface area contributed by atoms with Gasteiger partial charge in [-0.05, 0) is 50.6 Å². The molecule has 25 heavy (non-hydrogen) atoms. The number of likely N-dealkylation sites (tertiary alicyclic amines) is 1. The zero-order chi connectivity index (χ0) is 17.6. The quantitative estimate of drug-likeness (QED) is 0.794. The summed E-state index contributed by atoms with van der Waals surface area (Å²) in [7, 11) is 1.90. The van der Waals surface area contributed by atoms with Crippen LogP contribution in [0.1, 0.15) is 62.4 Å². The van der Waals surface area contributed by atoms with Gasteiger partial charge >= 0.3 is 0 Å². The average Bonchev–Trinajstić information content (AvgIpc) is 3.10. The molecule has 1 amide bonds. The Hall–Kier alpha value is -1.43. The first-order chi connectivity index (χ1) is 12.2. The maximum Gasteiger partial charge on any atom is 0.275 e. The number of carbonyl (C=O) groups excluding carboxylic acids is 1. The van der Waals surface area contributed by atoms with E-state index in [1.165, 1.54) is 51.5 Å². The molecule has 0 radical (unpaired) electrons. The second kappa shape index (κ2) is 8.79. The minimum Gasteiger partial charge on any atom is -0.340 e. The van der Waals surface area contributed by atoms with Gasteiger partial charge in [0.1, 0.15) is 0 Å². The largest absolute Gasteiger partial charge is 0.340 e. The second-order valence-corrected chi connectivity index (χ2v) is 7.92. The van der Waals surface area contributed by atoms with Crippen LogP contribution in [0.15, 0.2) is 6.20 Å². The Bertz CT molecular complexity index is 552. The van der Waals surface area contributed by atoms with Gasteiger partial charge in [0.2, 0.25) is 0 Å². The summed E-state index contributed by atoms with van der Waals surface area (Å²) in [5, 5.41) is 8.34. The van der Waals surface area contributed by atoms with E-state index in [0.717, 1.165) is 26.2 Å². The van der Waals surface area contributed by atoms with Gasteiger partial charge in [0.05, 0.1) is 6.20 Å². The van der Waals surface area contributed by atoms with Crippen molar-refractivity contribution in [2.75, 3.05) is 33.2 Å². The Labute approximate surface area is 151 Å². The Morgan fingerprint density at radius 1 is 1.20 bits per heavy atom. The Morgan fingerprint density at radius 2 is 1.96 bits per heavy atom. The zero-order valence-corrected chi connectivity index (χ0v) is 15.9. The van der Waals surface area contributed by atoms with E-state index < -0.39 is 0 Å². The minimum absolute atomic E-state index is 0.00326. The van der Waals surface area contributed by atoms with Crippen LogP contribution in [0.5, 0.6) is 0 Å². The van der Waals surface area contributed by atoms with Crippen molar-refractivity contribution in [3.05, 3.63) is 11.9 Å². The van der Waals surface area contributed by atoms with Crippen molar-refractivity contribution in [2.24, 2.45) is 11.8 Å². The molecule has 140 valence electrons. The third-order valence-corrected chi connectivity index (χ3v) is 5.86. The number of amides is 1. The molecule has 0 aromatic carbocycles. The molecule has 1 aromatic rings. The number of nitrogens with zero attached hydrogens (tertiary/aromatic N) is 5. The Balaban J connectivity index is 1.51. The van der Waals surface area contributed by atoms with Crippen molar-refractivity contribution in [2.45, 2.75) is 58.4 Å². The summed E-state index contributed by atoms with van der Waals surface area (Å²) in [6, 6.07) is 0. The molecule has 2 heterocycles. The van der Waals surface area contributed by atoms with Gasteiger partial charge in [-0.2, -0.15) is 0 Å². The molecule has 3 rings (SSSR count). The summed E-state index contributed by atoms with van der Waals surface area (Å²) in [5.74, 6) is 1.27. The van der Waals surface area contributed by atoms with Crippen molar-refractivity contribution >= 4 is 5.91 Å². The van der Waals surface area contributed by atoms with Crippen molar-refractivity contribution in [3.63, 3.8) is 0 Å². The molecular weight excluding hydrogens is 314 g/mol. The summed E-state index contributed by atoms with van der Waals surface area (Å²) >= 11 is 0. The van der Waals surface area contributed by atoms with Gasteiger partial charge in [0.25, 0.3) is 5.91 Å². The molecule has 2 fully saturated rings. The molecular formula is C19H33N5O. The lowest BCUT2D eigenvalue weighted by Gasteiger charge is -2.33. The van der Waals surface area contributed by atoms with Crippen LogP contribution in [0.3, 0.4) is 0 Å². The monoisotopic (exact) mass is 347 g/mol. The van der Waals surface area contributed by atoms with Crippen LogP contribution in [0.25, 0.3) is 0 Å². The lowest BCUT2D eigenvalue weighted by molar-refractivity contribution is 0.0727. The number of hydrogen-bond donors (Lipinski definition) is 0. The number of rotatable bonds is 6. The Kier molecular flexibility index (Phi) is 6.45. The highest BCUT2D eigenvalue weighted by atomic mass is 16.2. The van der Waals surface area contributed by atoms with Crippen LogP contribution in [-0.2, 0) is 6.54 Å². The number of piperidine rings is 1. The van der Waals surface area contributed by atoms with Crippen LogP contribution >= 0.6 is 0 Å². The standard InChI is InChI=1S/C19H33N5O/c1-3-23-11-7-10-17(13-23)12-22(2)19(25)18-15-24(21-20-18)14-16-8-5-4-6-9-16/h15-17H,3-14H2,1-2H3/t17-/m0/s1. The van der Waals surface area contributed by atoms with E-state index in [9.17, 15) is 4.79 Å². The number of carbonyl (C=O) groups is 1. The summed E-state index contributed by atoms with van der Waals surface area (Å²) in [5.41, 5.74) is 0.487. The SMILES string of the molecule is CCN1CCC[C@@H](CN(C)C(=O)c2cn(CC3CCCCC3)nn2)C1. The van der Waals surface area contributed by atoms with Crippen LogP contribution in [0.4, 0.5) is 0 Å². The lowest BCUT2D eigenvalue weighted by Crippen LogP contribution is -2.41. The van der Waals surface area contributed by atoms with Crippen LogP contribution in [0.2, 0.25) is 0 Å². The first-order valence-electron chi connectivity index (χ1n) is 10.0. The molecule has 1 aliphatic heterocycles.